The highest BCUT2D eigenvalue weighted by atomic mass is 35.5. The molecule has 0 aliphatic carbocycles. The summed E-state index contributed by atoms with van der Waals surface area (Å²) in [6.07, 6.45) is 1.17. The van der Waals surface area contributed by atoms with Gasteiger partial charge in [-0.05, 0) is 6.07 Å². The van der Waals surface area contributed by atoms with Crippen LogP contribution in [0.2, 0.25) is 5.02 Å². The molecule has 7 heteroatoms. The number of aromatic nitrogens is 2. The summed E-state index contributed by atoms with van der Waals surface area (Å²) < 4.78 is 19.7. The molecule has 0 spiro atoms. The quantitative estimate of drug-likeness (QED) is 0.926. The van der Waals surface area contributed by atoms with Crippen LogP contribution >= 0.6 is 11.6 Å². The Labute approximate surface area is 112 Å². The fourth-order valence-corrected chi connectivity index (χ4v) is 1.73. The average Bonchev–Trinajstić information content (AvgIpc) is 2.38. The smallest absolute Gasteiger partial charge is 0.328 e. The molecule has 0 radical (unpaired) electrons. The van der Waals surface area contributed by atoms with E-state index in [4.69, 9.17) is 16.3 Å². The molecular formula is C12H10ClFN2O3. The summed E-state index contributed by atoms with van der Waals surface area (Å²) in [6.45, 7) is -0.0365. The molecule has 1 heterocycles. The van der Waals surface area contributed by atoms with E-state index in [1.807, 2.05) is 4.98 Å². The Morgan fingerprint density at radius 3 is 2.79 bits per heavy atom. The number of hydrogen-bond acceptors (Lipinski definition) is 3. The summed E-state index contributed by atoms with van der Waals surface area (Å²) in [5, 5.41) is -0.131. The molecule has 100 valence electrons. The lowest BCUT2D eigenvalue weighted by Gasteiger charge is -2.08. The minimum atomic E-state index is -0.668. The van der Waals surface area contributed by atoms with Crippen molar-refractivity contribution in [2.24, 2.45) is 0 Å². The number of ether oxygens (including phenoxy) is 1. The molecule has 0 amide bonds. The molecule has 1 aromatic heterocycles. The Morgan fingerprint density at radius 2 is 2.16 bits per heavy atom. The van der Waals surface area contributed by atoms with Gasteiger partial charge in [0.15, 0.2) is 0 Å². The number of rotatable bonds is 3. The third-order valence-corrected chi connectivity index (χ3v) is 2.84. The first kappa shape index (κ1) is 13.4. The van der Waals surface area contributed by atoms with Gasteiger partial charge in [0.25, 0.3) is 5.56 Å². The molecule has 0 aliphatic heterocycles. The van der Waals surface area contributed by atoms with Crippen LogP contribution in [-0.4, -0.2) is 16.7 Å². The molecule has 1 aromatic carbocycles. The number of methoxy groups -OCH3 is 1. The fraction of sp³-hybridized carbons (Fsp3) is 0.167. The Bertz CT molecular complexity index is 724. The number of hydrogen-bond donors (Lipinski definition) is 1. The lowest BCUT2D eigenvalue weighted by atomic mass is 10.2. The molecule has 1 N–H and O–H groups in total. The van der Waals surface area contributed by atoms with Crippen LogP contribution in [-0.2, 0) is 6.54 Å². The van der Waals surface area contributed by atoms with Gasteiger partial charge < -0.3 is 4.74 Å². The van der Waals surface area contributed by atoms with Gasteiger partial charge in [-0.3, -0.25) is 14.3 Å². The van der Waals surface area contributed by atoms with Crippen LogP contribution in [0.5, 0.6) is 5.75 Å². The van der Waals surface area contributed by atoms with E-state index in [9.17, 15) is 14.0 Å². The summed E-state index contributed by atoms with van der Waals surface area (Å²) in [5.41, 5.74) is -1.03. The van der Waals surface area contributed by atoms with Gasteiger partial charge in [0, 0.05) is 17.8 Å². The Hall–Kier alpha value is -2.08. The van der Waals surface area contributed by atoms with E-state index in [-0.39, 0.29) is 17.1 Å². The van der Waals surface area contributed by atoms with Gasteiger partial charge in [0.2, 0.25) is 0 Å². The van der Waals surface area contributed by atoms with E-state index < -0.39 is 17.1 Å². The highest BCUT2D eigenvalue weighted by Crippen LogP contribution is 2.16. The third-order valence-electron chi connectivity index (χ3n) is 2.57. The maximum Gasteiger partial charge on any atom is 0.328 e. The first-order valence-electron chi connectivity index (χ1n) is 5.33. The SMILES string of the molecule is COc1ccc(Cn2cc(Cl)c(=O)[nH]c2=O)c(F)c1. The number of nitrogens with zero attached hydrogens (tertiary/aromatic N) is 1. The molecule has 5 nitrogen and oxygen atoms in total. The monoisotopic (exact) mass is 284 g/mol. The van der Waals surface area contributed by atoms with Crippen molar-refractivity contribution in [3.05, 3.63) is 61.6 Å². The molecule has 0 saturated carbocycles. The van der Waals surface area contributed by atoms with Crippen molar-refractivity contribution in [1.29, 1.82) is 0 Å². The minimum Gasteiger partial charge on any atom is -0.497 e. The number of benzene rings is 1. The molecule has 0 atom stereocenters. The zero-order valence-corrected chi connectivity index (χ0v) is 10.7. The summed E-state index contributed by atoms with van der Waals surface area (Å²) in [4.78, 5) is 24.7. The van der Waals surface area contributed by atoms with Crippen LogP contribution < -0.4 is 16.0 Å². The second-order valence-corrected chi connectivity index (χ2v) is 4.23. The number of H-pyrrole nitrogens is 1. The number of halogens is 2. The van der Waals surface area contributed by atoms with Gasteiger partial charge >= 0.3 is 5.69 Å². The maximum absolute atomic E-state index is 13.7. The number of aromatic amines is 1. The van der Waals surface area contributed by atoms with Gasteiger partial charge in [-0.15, -0.1) is 0 Å². The molecule has 0 aliphatic rings. The average molecular weight is 285 g/mol. The molecule has 0 bridgehead atoms. The predicted octanol–water partition coefficient (Wildman–Crippen LogP) is 1.39. The van der Waals surface area contributed by atoms with E-state index in [1.54, 1.807) is 6.07 Å². The van der Waals surface area contributed by atoms with Gasteiger partial charge in [0.1, 0.15) is 16.6 Å². The van der Waals surface area contributed by atoms with E-state index in [2.05, 4.69) is 0 Å². The van der Waals surface area contributed by atoms with Crippen LogP contribution in [0.25, 0.3) is 0 Å². The Kier molecular flexibility index (Phi) is 3.71. The van der Waals surface area contributed by atoms with Crippen molar-refractivity contribution in [1.82, 2.24) is 9.55 Å². The fourth-order valence-electron chi connectivity index (χ4n) is 1.57. The Balaban J connectivity index is 2.39. The van der Waals surface area contributed by atoms with Gasteiger partial charge in [-0.25, -0.2) is 9.18 Å². The molecule has 19 heavy (non-hydrogen) atoms. The largest absolute Gasteiger partial charge is 0.497 e. The van der Waals surface area contributed by atoms with E-state index in [1.165, 1.54) is 25.4 Å². The first-order chi connectivity index (χ1) is 9.01. The van der Waals surface area contributed by atoms with Crippen molar-refractivity contribution >= 4 is 11.6 Å². The Morgan fingerprint density at radius 1 is 1.42 bits per heavy atom. The molecular weight excluding hydrogens is 275 g/mol. The minimum absolute atomic E-state index is 0.0365. The third kappa shape index (κ3) is 2.85. The van der Waals surface area contributed by atoms with Crippen molar-refractivity contribution < 1.29 is 9.13 Å². The van der Waals surface area contributed by atoms with Crippen LogP contribution in [0.15, 0.2) is 34.0 Å². The standard InChI is InChI=1S/C12H10ClFN2O3/c1-19-8-3-2-7(10(14)4-8)5-16-6-9(13)11(17)15-12(16)18/h2-4,6H,5H2,1H3,(H,15,17,18). The molecule has 2 rings (SSSR count). The van der Waals surface area contributed by atoms with Crippen molar-refractivity contribution in [3.8, 4) is 5.75 Å². The van der Waals surface area contributed by atoms with Crippen LogP contribution in [0, 0.1) is 5.82 Å². The topological polar surface area (TPSA) is 64.1 Å². The van der Waals surface area contributed by atoms with Crippen molar-refractivity contribution in [3.63, 3.8) is 0 Å². The predicted molar refractivity (Wildman–Crippen MR) is 68.4 cm³/mol. The lowest BCUT2D eigenvalue weighted by Crippen LogP contribution is -2.30. The highest BCUT2D eigenvalue weighted by molar-refractivity contribution is 6.30. The second-order valence-electron chi connectivity index (χ2n) is 3.82. The molecule has 0 unspecified atom stereocenters. The summed E-state index contributed by atoms with van der Waals surface area (Å²) in [5.74, 6) is -0.123. The van der Waals surface area contributed by atoms with Crippen LogP contribution in [0.4, 0.5) is 4.39 Å². The normalized spacial score (nSPS) is 10.5. The zero-order valence-electron chi connectivity index (χ0n) is 9.94. The number of nitrogens with one attached hydrogen (secondary N) is 1. The molecule has 2 aromatic rings. The molecule has 0 saturated heterocycles. The van der Waals surface area contributed by atoms with Gasteiger partial charge in [-0.2, -0.15) is 0 Å². The van der Waals surface area contributed by atoms with Crippen molar-refractivity contribution in [2.45, 2.75) is 6.54 Å². The summed E-state index contributed by atoms with van der Waals surface area (Å²) >= 11 is 5.62. The van der Waals surface area contributed by atoms with E-state index in [0.29, 0.717) is 5.75 Å². The van der Waals surface area contributed by atoms with E-state index in [0.717, 1.165) is 4.57 Å². The van der Waals surface area contributed by atoms with Crippen molar-refractivity contribution in [2.75, 3.05) is 7.11 Å². The van der Waals surface area contributed by atoms with E-state index >= 15 is 0 Å². The van der Waals surface area contributed by atoms with Gasteiger partial charge in [0.05, 0.1) is 13.7 Å². The lowest BCUT2D eigenvalue weighted by molar-refractivity contribution is 0.410. The first-order valence-corrected chi connectivity index (χ1v) is 5.70. The molecule has 0 fully saturated rings. The second kappa shape index (κ2) is 5.27. The summed E-state index contributed by atoms with van der Waals surface area (Å²) in [7, 11) is 1.43. The maximum atomic E-state index is 13.7. The van der Waals surface area contributed by atoms with Crippen LogP contribution in [0.3, 0.4) is 0 Å². The summed E-state index contributed by atoms with van der Waals surface area (Å²) in [6, 6.07) is 4.30. The van der Waals surface area contributed by atoms with Crippen LogP contribution in [0.1, 0.15) is 5.56 Å². The highest BCUT2D eigenvalue weighted by Gasteiger charge is 2.08. The van der Waals surface area contributed by atoms with Gasteiger partial charge in [-0.1, -0.05) is 17.7 Å². The zero-order chi connectivity index (χ0) is 14.0.